The summed E-state index contributed by atoms with van der Waals surface area (Å²) < 4.78 is 32.5. The molecule has 1 atom stereocenters. The van der Waals surface area contributed by atoms with Crippen molar-refractivity contribution in [1.82, 2.24) is 5.32 Å². The lowest BCUT2D eigenvalue weighted by molar-refractivity contribution is -0.0696. The lowest BCUT2D eigenvalue weighted by Crippen LogP contribution is -2.50. The largest absolute Gasteiger partial charge is 0.379 e. The summed E-state index contributed by atoms with van der Waals surface area (Å²) in [5.74, 6) is -0.699. The zero-order chi connectivity index (χ0) is 12.6. The zero-order valence-corrected chi connectivity index (χ0v) is 10.2. The van der Waals surface area contributed by atoms with Crippen LogP contribution in [0.1, 0.15) is 24.8 Å². The van der Waals surface area contributed by atoms with Gasteiger partial charge in [-0.05, 0) is 44.0 Å². The summed E-state index contributed by atoms with van der Waals surface area (Å²) in [5, 5.41) is 3.41. The highest BCUT2D eigenvalue weighted by molar-refractivity contribution is 5.30. The maximum atomic E-state index is 13.9. The predicted molar refractivity (Wildman–Crippen MR) is 64.5 cm³/mol. The predicted octanol–water partition coefficient (Wildman–Crippen LogP) is 2.37. The molecule has 3 rings (SSSR count). The molecule has 2 aliphatic rings. The molecule has 1 N–H and O–H groups in total. The van der Waals surface area contributed by atoms with Crippen LogP contribution in [0.3, 0.4) is 0 Å². The van der Waals surface area contributed by atoms with Gasteiger partial charge in [0.25, 0.3) is 0 Å². The van der Waals surface area contributed by atoms with Crippen LogP contribution in [0.5, 0.6) is 0 Å². The molecule has 0 amide bonds. The van der Waals surface area contributed by atoms with Gasteiger partial charge in [0.15, 0.2) is 0 Å². The Kier molecular flexibility index (Phi) is 3.08. The summed E-state index contributed by atoms with van der Waals surface area (Å²) in [4.78, 5) is 0. The van der Waals surface area contributed by atoms with Crippen LogP contribution in [0, 0.1) is 11.6 Å². The molecule has 2 heterocycles. The normalized spacial score (nSPS) is 26.0. The molecule has 1 aromatic rings. The molecule has 98 valence electrons. The van der Waals surface area contributed by atoms with Gasteiger partial charge in [0, 0.05) is 17.0 Å². The maximum absolute atomic E-state index is 13.9. The standard InChI is InChI=1S/C14H17F2NO/c15-10-3-4-13(16)12(6-10)14(8-18-9-14)7-11-2-1-5-17-11/h3-4,6,11,17H,1-2,5,7-9H2. The highest BCUT2D eigenvalue weighted by Gasteiger charge is 2.44. The van der Waals surface area contributed by atoms with Crippen LogP contribution >= 0.6 is 0 Å². The van der Waals surface area contributed by atoms with Crippen LogP contribution in [0.15, 0.2) is 18.2 Å². The number of benzene rings is 1. The monoisotopic (exact) mass is 253 g/mol. The molecule has 0 aromatic heterocycles. The molecule has 2 aliphatic heterocycles. The molecule has 2 fully saturated rings. The van der Waals surface area contributed by atoms with Crippen LogP contribution in [0.4, 0.5) is 8.78 Å². The smallest absolute Gasteiger partial charge is 0.127 e. The van der Waals surface area contributed by atoms with E-state index < -0.39 is 0 Å². The van der Waals surface area contributed by atoms with E-state index in [0.717, 1.165) is 25.8 Å². The van der Waals surface area contributed by atoms with Crippen LogP contribution in [-0.4, -0.2) is 25.8 Å². The van der Waals surface area contributed by atoms with E-state index in [4.69, 9.17) is 4.74 Å². The summed E-state index contributed by atoms with van der Waals surface area (Å²) in [6.45, 7) is 2.00. The second-order valence-electron chi connectivity index (χ2n) is 5.39. The minimum absolute atomic E-state index is 0.322. The van der Waals surface area contributed by atoms with E-state index in [1.165, 1.54) is 18.2 Å². The van der Waals surface area contributed by atoms with Crippen molar-refractivity contribution < 1.29 is 13.5 Å². The summed E-state index contributed by atoms with van der Waals surface area (Å²) in [5.41, 5.74) is 0.135. The van der Waals surface area contributed by atoms with E-state index in [-0.39, 0.29) is 17.0 Å². The van der Waals surface area contributed by atoms with Crippen molar-refractivity contribution in [2.75, 3.05) is 19.8 Å². The van der Waals surface area contributed by atoms with E-state index >= 15 is 0 Å². The van der Waals surface area contributed by atoms with Gasteiger partial charge in [-0.1, -0.05) is 0 Å². The number of hydrogen-bond acceptors (Lipinski definition) is 2. The van der Waals surface area contributed by atoms with Gasteiger partial charge >= 0.3 is 0 Å². The van der Waals surface area contributed by atoms with Crippen molar-refractivity contribution in [3.63, 3.8) is 0 Å². The Morgan fingerprint density at radius 1 is 1.33 bits per heavy atom. The van der Waals surface area contributed by atoms with Gasteiger partial charge < -0.3 is 10.1 Å². The maximum Gasteiger partial charge on any atom is 0.127 e. The first-order valence-electron chi connectivity index (χ1n) is 6.46. The van der Waals surface area contributed by atoms with Crippen LogP contribution in [-0.2, 0) is 10.2 Å². The average Bonchev–Trinajstić information content (AvgIpc) is 2.80. The minimum atomic E-state index is -0.378. The lowest BCUT2D eigenvalue weighted by atomic mass is 9.73. The average molecular weight is 253 g/mol. The van der Waals surface area contributed by atoms with Gasteiger partial charge in [0.2, 0.25) is 0 Å². The third kappa shape index (κ3) is 2.04. The summed E-state index contributed by atoms with van der Waals surface area (Å²) in [7, 11) is 0. The Labute approximate surface area is 105 Å². The molecule has 4 heteroatoms. The minimum Gasteiger partial charge on any atom is -0.379 e. The van der Waals surface area contributed by atoms with Crippen molar-refractivity contribution in [3.05, 3.63) is 35.4 Å². The van der Waals surface area contributed by atoms with E-state index in [9.17, 15) is 8.78 Å². The molecule has 2 saturated heterocycles. The summed E-state index contributed by atoms with van der Waals surface area (Å²) >= 11 is 0. The third-order valence-corrected chi connectivity index (χ3v) is 4.06. The number of rotatable bonds is 3. The first-order valence-corrected chi connectivity index (χ1v) is 6.46. The van der Waals surface area contributed by atoms with Gasteiger partial charge in [-0.3, -0.25) is 0 Å². The Morgan fingerprint density at radius 2 is 2.17 bits per heavy atom. The quantitative estimate of drug-likeness (QED) is 0.893. The van der Waals surface area contributed by atoms with E-state index in [2.05, 4.69) is 5.32 Å². The van der Waals surface area contributed by atoms with E-state index in [0.29, 0.717) is 24.8 Å². The van der Waals surface area contributed by atoms with Crippen molar-refractivity contribution in [1.29, 1.82) is 0 Å². The van der Waals surface area contributed by atoms with Crippen LogP contribution < -0.4 is 5.32 Å². The molecule has 0 bridgehead atoms. The Morgan fingerprint density at radius 3 is 2.78 bits per heavy atom. The molecule has 0 spiro atoms. The molecule has 1 unspecified atom stereocenters. The lowest BCUT2D eigenvalue weighted by Gasteiger charge is -2.43. The fourth-order valence-corrected chi connectivity index (χ4v) is 3.04. The SMILES string of the molecule is Fc1ccc(F)c(C2(CC3CCCN3)COC2)c1. The Hall–Kier alpha value is -1.00. The van der Waals surface area contributed by atoms with Gasteiger partial charge in [0.1, 0.15) is 11.6 Å². The molecular weight excluding hydrogens is 236 g/mol. The van der Waals surface area contributed by atoms with Crippen molar-refractivity contribution in [3.8, 4) is 0 Å². The molecular formula is C14H17F2NO. The summed E-state index contributed by atoms with van der Waals surface area (Å²) in [6.07, 6.45) is 3.10. The fourth-order valence-electron chi connectivity index (χ4n) is 3.04. The van der Waals surface area contributed by atoms with Gasteiger partial charge in [-0.15, -0.1) is 0 Å². The highest BCUT2D eigenvalue weighted by Crippen LogP contribution is 2.39. The molecule has 2 nitrogen and oxygen atoms in total. The molecule has 0 saturated carbocycles. The zero-order valence-electron chi connectivity index (χ0n) is 10.2. The van der Waals surface area contributed by atoms with Gasteiger partial charge in [-0.25, -0.2) is 8.78 Å². The van der Waals surface area contributed by atoms with Crippen LogP contribution in [0.2, 0.25) is 0 Å². The van der Waals surface area contributed by atoms with Crippen molar-refractivity contribution in [2.24, 2.45) is 0 Å². The molecule has 0 radical (unpaired) electrons. The number of nitrogens with one attached hydrogen (secondary N) is 1. The highest BCUT2D eigenvalue weighted by atomic mass is 19.1. The first kappa shape index (κ1) is 12.1. The number of ether oxygens (including phenoxy) is 1. The number of halogens is 2. The second kappa shape index (κ2) is 4.59. The number of hydrogen-bond donors (Lipinski definition) is 1. The van der Waals surface area contributed by atoms with Crippen molar-refractivity contribution in [2.45, 2.75) is 30.7 Å². The van der Waals surface area contributed by atoms with E-state index in [1.54, 1.807) is 0 Å². The topological polar surface area (TPSA) is 21.3 Å². The van der Waals surface area contributed by atoms with Gasteiger partial charge in [0.05, 0.1) is 13.2 Å². The third-order valence-electron chi connectivity index (χ3n) is 4.06. The van der Waals surface area contributed by atoms with E-state index in [1.807, 2.05) is 0 Å². The van der Waals surface area contributed by atoms with Crippen molar-refractivity contribution >= 4 is 0 Å². The first-order chi connectivity index (χ1) is 8.70. The Bertz CT molecular complexity index is 439. The fraction of sp³-hybridized carbons (Fsp3) is 0.571. The van der Waals surface area contributed by atoms with Gasteiger partial charge in [-0.2, -0.15) is 0 Å². The Balaban J connectivity index is 1.87. The van der Waals surface area contributed by atoms with Crippen LogP contribution in [0.25, 0.3) is 0 Å². The summed E-state index contributed by atoms with van der Waals surface area (Å²) in [6, 6.07) is 4.11. The second-order valence-corrected chi connectivity index (χ2v) is 5.39. The molecule has 0 aliphatic carbocycles. The molecule has 18 heavy (non-hydrogen) atoms. The molecule has 1 aromatic carbocycles.